The number of nitrogens with one attached hydrogen (secondary N) is 1. The molecule has 0 aliphatic rings. The van der Waals surface area contributed by atoms with Gasteiger partial charge < -0.3 is 10.4 Å². The Bertz CT molecular complexity index is 365. The zero-order valence-corrected chi connectivity index (χ0v) is 10.9. The molecule has 0 aliphatic heterocycles. The lowest BCUT2D eigenvalue weighted by molar-refractivity contribution is -0.380. The molecule has 1 heterocycles. The highest BCUT2D eigenvalue weighted by molar-refractivity contribution is 7.13. The maximum atomic E-state index is 10.5. The van der Waals surface area contributed by atoms with E-state index >= 15 is 0 Å². The molecule has 0 aromatic carbocycles. The molecule has 1 rings (SSSR count). The van der Waals surface area contributed by atoms with E-state index in [1.165, 1.54) is 0 Å². The fourth-order valence-corrected chi connectivity index (χ4v) is 2.34. The number of nitro groups is 1. The highest BCUT2D eigenvalue weighted by atomic mass is 32.1. The Morgan fingerprint density at radius 1 is 1.59 bits per heavy atom. The highest BCUT2D eigenvalue weighted by Crippen LogP contribution is 2.22. The van der Waals surface area contributed by atoms with Crippen molar-refractivity contribution in [2.75, 3.05) is 6.61 Å². The van der Waals surface area contributed by atoms with Crippen LogP contribution in [0.4, 0.5) is 5.00 Å². The first-order valence-corrected chi connectivity index (χ1v) is 6.48. The van der Waals surface area contributed by atoms with E-state index in [9.17, 15) is 10.1 Å². The standard InChI is InChI=1S/C11H18N2O3S/c1-8(2)10(3-4-14)12-6-9-5-11(13(15)16)17-7-9/h5,7-8,10,12,14H,3-4,6H2,1-2H3. The van der Waals surface area contributed by atoms with Gasteiger partial charge in [-0.25, -0.2) is 0 Å². The summed E-state index contributed by atoms with van der Waals surface area (Å²) < 4.78 is 0. The molecule has 17 heavy (non-hydrogen) atoms. The third-order valence-electron chi connectivity index (χ3n) is 2.63. The maximum Gasteiger partial charge on any atom is 0.324 e. The molecule has 6 heteroatoms. The van der Waals surface area contributed by atoms with E-state index in [1.54, 1.807) is 11.4 Å². The molecule has 1 aromatic heterocycles. The van der Waals surface area contributed by atoms with Crippen LogP contribution in [0.1, 0.15) is 25.8 Å². The molecule has 0 bridgehead atoms. The number of rotatable bonds is 7. The average Bonchev–Trinajstić information content (AvgIpc) is 2.72. The van der Waals surface area contributed by atoms with Crippen molar-refractivity contribution in [2.24, 2.45) is 5.92 Å². The Hall–Kier alpha value is -0.980. The van der Waals surface area contributed by atoms with Crippen molar-refractivity contribution >= 4 is 16.3 Å². The quantitative estimate of drug-likeness (QED) is 0.580. The van der Waals surface area contributed by atoms with Crippen LogP contribution in [0, 0.1) is 16.0 Å². The predicted molar refractivity (Wildman–Crippen MR) is 68.1 cm³/mol. The number of nitrogens with zero attached hydrogens (tertiary/aromatic N) is 1. The SMILES string of the molecule is CC(C)C(CCO)NCc1csc([N+](=O)[O-])c1. The zero-order chi connectivity index (χ0) is 12.8. The molecule has 0 radical (unpaired) electrons. The van der Waals surface area contributed by atoms with Gasteiger partial charge in [0.05, 0.1) is 4.92 Å². The summed E-state index contributed by atoms with van der Waals surface area (Å²) in [5.41, 5.74) is 0.922. The van der Waals surface area contributed by atoms with Crippen LogP contribution in [0.5, 0.6) is 0 Å². The van der Waals surface area contributed by atoms with Gasteiger partial charge in [0, 0.05) is 30.6 Å². The lowest BCUT2D eigenvalue weighted by Gasteiger charge is -2.21. The second kappa shape index (κ2) is 6.68. The Balaban J connectivity index is 2.50. The Morgan fingerprint density at radius 3 is 2.76 bits per heavy atom. The molecule has 96 valence electrons. The summed E-state index contributed by atoms with van der Waals surface area (Å²) in [4.78, 5) is 10.2. The second-order valence-corrected chi connectivity index (χ2v) is 5.18. The van der Waals surface area contributed by atoms with Gasteiger partial charge in [0.2, 0.25) is 0 Å². The largest absolute Gasteiger partial charge is 0.396 e. The molecule has 0 aliphatic carbocycles. The lowest BCUT2D eigenvalue weighted by Crippen LogP contribution is -2.34. The lowest BCUT2D eigenvalue weighted by atomic mass is 10.0. The van der Waals surface area contributed by atoms with E-state index in [-0.39, 0.29) is 22.6 Å². The van der Waals surface area contributed by atoms with E-state index in [1.807, 2.05) is 0 Å². The maximum absolute atomic E-state index is 10.5. The molecule has 0 saturated carbocycles. The van der Waals surface area contributed by atoms with Gasteiger partial charge in [0.1, 0.15) is 0 Å². The van der Waals surface area contributed by atoms with Gasteiger partial charge in [-0.05, 0) is 17.9 Å². The number of hydrogen-bond acceptors (Lipinski definition) is 5. The summed E-state index contributed by atoms with van der Waals surface area (Å²) in [6, 6.07) is 1.83. The highest BCUT2D eigenvalue weighted by Gasteiger charge is 2.14. The third-order valence-corrected chi connectivity index (χ3v) is 3.56. The number of hydrogen-bond donors (Lipinski definition) is 2. The number of thiophene rings is 1. The molecular weight excluding hydrogens is 240 g/mol. The average molecular weight is 258 g/mol. The van der Waals surface area contributed by atoms with Crippen molar-refractivity contribution in [3.8, 4) is 0 Å². The minimum absolute atomic E-state index is 0.152. The van der Waals surface area contributed by atoms with Crippen LogP contribution in [0.15, 0.2) is 11.4 Å². The zero-order valence-electron chi connectivity index (χ0n) is 10.0. The topological polar surface area (TPSA) is 75.4 Å². The van der Waals surface area contributed by atoms with E-state index in [0.717, 1.165) is 16.9 Å². The molecule has 0 saturated heterocycles. The molecule has 0 fully saturated rings. The molecular formula is C11H18N2O3S. The summed E-state index contributed by atoms with van der Waals surface area (Å²) in [6.07, 6.45) is 0.698. The monoisotopic (exact) mass is 258 g/mol. The van der Waals surface area contributed by atoms with Crippen LogP contribution >= 0.6 is 11.3 Å². The van der Waals surface area contributed by atoms with Gasteiger partial charge in [-0.1, -0.05) is 25.2 Å². The van der Waals surface area contributed by atoms with Crippen molar-refractivity contribution in [2.45, 2.75) is 32.9 Å². The van der Waals surface area contributed by atoms with Gasteiger partial charge in [-0.3, -0.25) is 10.1 Å². The van der Waals surface area contributed by atoms with Gasteiger partial charge >= 0.3 is 5.00 Å². The van der Waals surface area contributed by atoms with E-state index in [0.29, 0.717) is 18.9 Å². The Morgan fingerprint density at radius 2 is 2.29 bits per heavy atom. The fourth-order valence-electron chi connectivity index (χ4n) is 1.61. The van der Waals surface area contributed by atoms with E-state index < -0.39 is 0 Å². The minimum atomic E-state index is -0.373. The van der Waals surface area contributed by atoms with Crippen LogP contribution in [0.2, 0.25) is 0 Å². The third kappa shape index (κ3) is 4.41. The van der Waals surface area contributed by atoms with Crippen LogP contribution in [-0.4, -0.2) is 22.7 Å². The first-order chi connectivity index (χ1) is 8.04. The summed E-state index contributed by atoms with van der Waals surface area (Å²) in [7, 11) is 0. The predicted octanol–water partition coefficient (Wildman–Crippen LogP) is 2.15. The van der Waals surface area contributed by atoms with E-state index in [2.05, 4.69) is 19.2 Å². The molecule has 1 unspecified atom stereocenters. The van der Waals surface area contributed by atoms with Crippen molar-refractivity contribution < 1.29 is 10.0 Å². The minimum Gasteiger partial charge on any atom is -0.396 e. The van der Waals surface area contributed by atoms with Gasteiger partial charge in [-0.2, -0.15) is 0 Å². The van der Waals surface area contributed by atoms with Gasteiger partial charge in [0.15, 0.2) is 0 Å². The second-order valence-electron chi connectivity index (χ2n) is 4.29. The van der Waals surface area contributed by atoms with Gasteiger partial charge in [-0.15, -0.1) is 0 Å². The van der Waals surface area contributed by atoms with Crippen molar-refractivity contribution in [1.29, 1.82) is 0 Å². The molecule has 2 N–H and O–H groups in total. The van der Waals surface area contributed by atoms with Crippen molar-refractivity contribution in [1.82, 2.24) is 5.32 Å². The normalized spacial score (nSPS) is 12.9. The van der Waals surface area contributed by atoms with Crippen molar-refractivity contribution in [3.05, 3.63) is 27.1 Å². The smallest absolute Gasteiger partial charge is 0.324 e. The number of aliphatic hydroxyl groups is 1. The first kappa shape index (κ1) is 14.1. The van der Waals surface area contributed by atoms with Crippen LogP contribution in [0.3, 0.4) is 0 Å². The number of aliphatic hydroxyl groups excluding tert-OH is 1. The molecule has 5 nitrogen and oxygen atoms in total. The van der Waals surface area contributed by atoms with Gasteiger partial charge in [0.25, 0.3) is 0 Å². The van der Waals surface area contributed by atoms with Crippen LogP contribution in [0.25, 0.3) is 0 Å². The molecule has 1 atom stereocenters. The molecule has 1 aromatic rings. The van der Waals surface area contributed by atoms with Crippen LogP contribution < -0.4 is 5.32 Å². The molecule has 0 spiro atoms. The Labute approximate surface area is 105 Å². The van der Waals surface area contributed by atoms with E-state index in [4.69, 9.17) is 5.11 Å². The molecule has 0 amide bonds. The summed E-state index contributed by atoms with van der Waals surface area (Å²) in [5.74, 6) is 0.427. The Kier molecular flexibility index (Phi) is 5.54. The summed E-state index contributed by atoms with van der Waals surface area (Å²) in [6.45, 7) is 4.93. The summed E-state index contributed by atoms with van der Waals surface area (Å²) in [5, 5.41) is 24.7. The first-order valence-electron chi connectivity index (χ1n) is 5.60. The summed E-state index contributed by atoms with van der Waals surface area (Å²) >= 11 is 1.14. The van der Waals surface area contributed by atoms with Crippen LogP contribution in [-0.2, 0) is 6.54 Å². The fraction of sp³-hybridized carbons (Fsp3) is 0.636. The van der Waals surface area contributed by atoms with Crippen molar-refractivity contribution in [3.63, 3.8) is 0 Å².